The molecule has 2 aliphatic heterocycles. The predicted molar refractivity (Wildman–Crippen MR) is 122 cm³/mol. The number of hydrogen-bond donors (Lipinski definition) is 1. The Bertz CT molecular complexity index is 1050. The van der Waals surface area contributed by atoms with E-state index in [1.54, 1.807) is 0 Å². The number of halogens is 1. The summed E-state index contributed by atoms with van der Waals surface area (Å²) in [5.41, 5.74) is 12.9. The predicted octanol–water partition coefficient (Wildman–Crippen LogP) is 4.21. The van der Waals surface area contributed by atoms with Gasteiger partial charge in [0.05, 0.1) is 18.9 Å². The molecule has 0 saturated heterocycles. The second-order valence-corrected chi connectivity index (χ2v) is 7.76. The average molecular weight is 427 g/mol. The Morgan fingerprint density at radius 1 is 1.07 bits per heavy atom. The van der Waals surface area contributed by atoms with Crippen molar-refractivity contribution >= 4 is 23.8 Å². The number of benzene rings is 2. The minimum Gasteiger partial charge on any atom is -0.490 e. The molecule has 0 saturated carbocycles. The van der Waals surface area contributed by atoms with Crippen molar-refractivity contribution < 1.29 is 9.47 Å². The van der Waals surface area contributed by atoms with Crippen molar-refractivity contribution in [1.29, 1.82) is 0 Å². The Balaban J connectivity index is 0.00000218. The van der Waals surface area contributed by atoms with E-state index in [4.69, 9.17) is 20.3 Å². The number of nitrogen functional groups attached to an aromatic ring is 1. The SMILES string of the molecule is Cl.Cn1cc(CN2CCCc3c(N)cccc32)c(-c2ccc3c(c2)OCCCO3)n1. The maximum atomic E-state index is 6.23. The third-order valence-electron chi connectivity index (χ3n) is 5.67. The molecule has 0 amide bonds. The van der Waals surface area contributed by atoms with Gasteiger partial charge in [0.25, 0.3) is 0 Å². The molecule has 6 nitrogen and oxygen atoms in total. The standard InChI is InChI=1S/C23H26N4O2.ClH/c1-26-14-17(15-27-10-3-5-18-19(24)6-2-7-20(18)27)23(25-26)16-8-9-21-22(13-16)29-12-4-11-28-21;/h2,6-9,13-14H,3-5,10-12,15,24H2,1H3;1H. The molecule has 5 rings (SSSR count). The van der Waals surface area contributed by atoms with Crippen LogP contribution in [0, 0.1) is 0 Å². The van der Waals surface area contributed by atoms with Crippen molar-refractivity contribution in [3.63, 3.8) is 0 Å². The molecule has 3 aromatic rings. The Morgan fingerprint density at radius 2 is 1.90 bits per heavy atom. The quantitative estimate of drug-likeness (QED) is 0.635. The first kappa shape index (κ1) is 20.4. The molecule has 2 aliphatic rings. The molecule has 0 unspecified atom stereocenters. The highest BCUT2D eigenvalue weighted by atomic mass is 35.5. The zero-order chi connectivity index (χ0) is 19.8. The summed E-state index contributed by atoms with van der Waals surface area (Å²) in [6, 6.07) is 12.3. The van der Waals surface area contributed by atoms with Crippen molar-refractivity contribution in [2.24, 2.45) is 7.05 Å². The first-order valence-electron chi connectivity index (χ1n) is 10.2. The molecule has 0 bridgehead atoms. The Hall–Kier alpha value is -2.86. The normalized spacial score (nSPS) is 15.2. The van der Waals surface area contributed by atoms with Gasteiger partial charge in [-0.25, -0.2) is 0 Å². The Kier molecular flexibility index (Phi) is 5.77. The number of aryl methyl sites for hydroxylation is 1. The van der Waals surface area contributed by atoms with Gasteiger partial charge in [0.2, 0.25) is 0 Å². The summed E-state index contributed by atoms with van der Waals surface area (Å²) >= 11 is 0. The fourth-order valence-corrected chi connectivity index (χ4v) is 4.30. The zero-order valence-electron chi connectivity index (χ0n) is 17.1. The maximum absolute atomic E-state index is 6.23. The number of aromatic nitrogens is 2. The summed E-state index contributed by atoms with van der Waals surface area (Å²) in [7, 11) is 1.97. The molecule has 7 heteroatoms. The first-order valence-corrected chi connectivity index (χ1v) is 10.2. The van der Waals surface area contributed by atoms with Crippen LogP contribution < -0.4 is 20.1 Å². The molecule has 158 valence electrons. The Labute approximate surface area is 183 Å². The summed E-state index contributed by atoms with van der Waals surface area (Å²) in [5, 5.41) is 4.76. The fraction of sp³-hybridized carbons (Fsp3) is 0.348. The van der Waals surface area contributed by atoms with Crippen LogP contribution in [0.3, 0.4) is 0 Å². The maximum Gasteiger partial charge on any atom is 0.161 e. The van der Waals surface area contributed by atoms with Gasteiger partial charge in [0.1, 0.15) is 0 Å². The average Bonchev–Trinajstić information content (AvgIpc) is 2.94. The van der Waals surface area contributed by atoms with E-state index in [9.17, 15) is 0 Å². The molecule has 0 spiro atoms. The lowest BCUT2D eigenvalue weighted by molar-refractivity contribution is 0.297. The van der Waals surface area contributed by atoms with Crippen LogP contribution in [0.2, 0.25) is 0 Å². The van der Waals surface area contributed by atoms with Crippen molar-refractivity contribution in [3.05, 3.63) is 53.7 Å². The largest absolute Gasteiger partial charge is 0.490 e. The molecule has 1 aromatic heterocycles. The summed E-state index contributed by atoms with van der Waals surface area (Å²) in [6.45, 7) is 3.19. The van der Waals surface area contributed by atoms with Crippen LogP contribution >= 0.6 is 12.4 Å². The molecule has 2 N–H and O–H groups in total. The van der Waals surface area contributed by atoms with Gasteiger partial charge in [-0.1, -0.05) is 6.07 Å². The number of anilines is 2. The van der Waals surface area contributed by atoms with E-state index in [-0.39, 0.29) is 12.4 Å². The molecular formula is C23H27ClN4O2. The minimum atomic E-state index is 0. The van der Waals surface area contributed by atoms with Crippen LogP contribution in [0.25, 0.3) is 11.3 Å². The van der Waals surface area contributed by atoms with Crippen LogP contribution in [-0.4, -0.2) is 29.5 Å². The third-order valence-corrected chi connectivity index (χ3v) is 5.67. The molecule has 30 heavy (non-hydrogen) atoms. The van der Waals surface area contributed by atoms with Gasteiger partial charge in [0.15, 0.2) is 11.5 Å². The second kappa shape index (κ2) is 8.48. The van der Waals surface area contributed by atoms with Crippen molar-refractivity contribution in [3.8, 4) is 22.8 Å². The lowest BCUT2D eigenvalue weighted by Crippen LogP contribution is -2.29. The summed E-state index contributed by atoms with van der Waals surface area (Å²) in [5.74, 6) is 1.61. The van der Waals surface area contributed by atoms with E-state index in [1.807, 2.05) is 29.9 Å². The number of hydrogen-bond acceptors (Lipinski definition) is 5. The topological polar surface area (TPSA) is 65.5 Å². The van der Waals surface area contributed by atoms with Crippen LogP contribution in [0.15, 0.2) is 42.6 Å². The van der Waals surface area contributed by atoms with Crippen molar-refractivity contribution in [2.75, 3.05) is 30.4 Å². The number of fused-ring (bicyclic) bond motifs is 2. The number of ether oxygens (including phenoxy) is 2. The first-order chi connectivity index (χ1) is 14.2. The minimum absolute atomic E-state index is 0. The van der Waals surface area contributed by atoms with Crippen LogP contribution in [0.5, 0.6) is 11.5 Å². The second-order valence-electron chi connectivity index (χ2n) is 7.76. The number of rotatable bonds is 3. The number of nitrogens with two attached hydrogens (primary N) is 1. The van der Waals surface area contributed by atoms with E-state index < -0.39 is 0 Å². The highest BCUT2D eigenvalue weighted by Crippen LogP contribution is 2.37. The molecule has 0 fully saturated rings. The molecule has 2 aromatic carbocycles. The zero-order valence-corrected chi connectivity index (χ0v) is 18.0. The van der Waals surface area contributed by atoms with Crippen LogP contribution in [0.1, 0.15) is 24.0 Å². The van der Waals surface area contributed by atoms with Gasteiger partial charge in [-0.15, -0.1) is 12.4 Å². The van der Waals surface area contributed by atoms with E-state index in [2.05, 4.69) is 29.3 Å². The summed E-state index contributed by atoms with van der Waals surface area (Å²) in [4.78, 5) is 2.42. The van der Waals surface area contributed by atoms with E-state index >= 15 is 0 Å². The van der Waals surface area contributed by atoms with E-state index in [0.29, 0.717) is 13.2 Å². The lowest BCUT2D eigenvalue weighted by Gasteiger charge is -2.32. The molecule has 0 radical (unpaired) electrons. The molecule has 0 aliphatic carbocycles. The highest BCUT2D eigenvalue weighted by Gasteiger charge is 2.22. The highest BCUT2D eigenvalue weighted by molar-refractivity contribution is 5.85. The fourth-order valence-electron chi connectivity index (χ4n) is 4.30. The van der Waals surface area contributed by atoms with Gasteiger partial charge in [-0.05, 0) is 48.7 Å². The van der Waals surface area contributed by atoms with Gasteiger partial charge in [0, 0.05) is 55.3 Å². The summed E-state index contributed by atoms with van der Waals surface area (Å²) in [6.07, 6.45) is 5.16. The van der Waals surface area contributed by atoms with Crippen molar-refractivity contribution in [2.45, 2.75) is 25.8 Å². The van der Waals surface area contributed by atoms with Crippen molar-refractivity contribution in [1.82, 2.24) is 9.78 Å². The summed E-state index contributed by atoms with van der Waals surface area (Å²) < 4.78 is 13.5. The molecular weight excluding hydrogens is 400 g/mol. The molecule has 0 atom stereocenters. The van der Waals surface area contributed by atoms with Gasteiger partial charge in [-0.3, -0.25) is 4.68 Å². The lowest BCUT2D eigenvalue weighted by atomic mass is 9.99. The smallest absolute Gasteiger partial charge is 0.161 e. The van der Waals surface area contributed by atoms with E-state index in [0.717, 1.165) is 60.8 Å². The number of nitrogens with zero attached hydrogens (tertiary/aromatic N) is 3. The van der Waals surface area contributed by atoms with Gasteiger partial charge < -0.3 is 20.1 Å². The van der Waals surface area contributed by atoms with Gasteiger partial charge in [-0.2, -0.15) is 5.10 Å². The van der Waals surface area contributed by atoms with Crippen LogP contribution in [-0.2, 0) is 20.0 Å². The van der Waals surface area contributed by atoms with Crippen LogP contribution in [0.4, 0.5) is 11.4 Å². The Morgan fingerprint density at radius 3 is 2.77 bits per heavy atom. The monoisotopic (exact) mass is 426 g/mol. The van der Waals surface area contributed by atoms with E-state index in [1.165, 1.54) is 16.8 Å². The molecule has 3 heterocycles. The third kappa shape index (κ3) is 3.79. The van der Waals surface area contributed by atoms with Gasteiger partial charge >= 0.3 is 0 Å².